The van der Waals surface area contributed by atoms with Gasteiger partial charge in [0.25, 0.3) is 0 Å². The molecular weight excluding hydrogens is 292 g/mol. The molecular formula is C19H16O4. The fourth-order valence-corrected chi connectivity index (χ4v) is 2.87. The summed E-state index contributed by atoms with van der Waals surface area (Å²) in [5.41, 5.74) is 2.34. The summed E-state index contributed by atoms with van der Waals surface area (Å²) in [5, 5.41) is 12.6. The molecule has 4 nitrogen and oxygen atoms in total. The Morgan fingerprint density at radius 2 is 1.83 bits per heavy atom. The number of aliphatic hydroxyl groups is 1. The summed E-state index contributed by atoms with van der Waals surface area (Å²) in [4.78, 5) is 0. The number of rotatable bonds is 3. The van der Waals surface area contributed by atoms with E-state index in [9.17, 15) is 5.11 Å². The average Bonchev–Trinajstić information content (AvgIpc) is 3.15. The first-order valence-electron chi connectivity index (χ1n) is 7.41. The zero-order valence-corrected chi connectivity index (χ0v) is 12.9. The minimum atomic E-state index is -0.944. The fraction of sp³-hybridized carbons (Fsp3) is 0.158. The van der Waals surface area contributed by atoms with Crippen LogP contribution in [0.2, 0.25) is 0 Å². The van der Waals surface area contributed by atoms with Gasteiger partial charge in [0, 0.05) is 16.3 Å². The molecule has 2 heterocycles. The highest BCUT2D eigenvalue weighted by atomic mass is 16.5. The number of furan rings is 2. The second-order valence-electron chi connectivity index (χ2n) is 5.54. The molecule has 0 saturated heterocycles. The first-order valence-corrected chi connectivity index (χ1v) is 7.41. The lowest BCUT2D eigenvalue weighted by Gasteiger charge is -2.05. The number of fused-ring (bicyclic) bond motifs is 2. The molecule has 23 heavy (non-hydrogen) atoms. The molecule has 0 aliphatic carbocycles. The summed E-state index contributed by atoms with van der Waals surface area (Å²) in [6.45, 7) is 1.92. The van der Waals surface area contributed by atoms with Crippen LogP contribution in [0.3, 0.4) is 0 Å². The fourth-order valence-electron chi connectivity index (χ4n) is 2.87. The molecule has 0 bridgehead atoms. The molecule has 2 aromatic carbocycles. The van der Waals surface area contributed by atoms with Crippen LogP contribution in [0.25, 0.3) is 21.9 Å². The van der Waals surface area contributed by atoms with E-state index in [0.29, 0.717) is 17.1 Å². The smallest absolute Gasteiger partial charge is 0.169 e. The van der Waals surface area contributed by atoms with Crippen LogP contribution in [-0.2, 0) is 0 Å². The lowest BCUT2D eigenvalue weighted by molar-refractivity contribution is 0.166. The summed E-state index contributed by atoms with van der Waals surface area (Å²) < 4.78 is 16.8. The van der Waals surface area contributed by atoms with E-state index in [1.54, 1.807) is 7.11 Å². The van der Waals surface area contributed by atoms with E-state index < -0.39 is 6.10 Å². The van der Waals surface area contributed by atoms with Crippen molar-refractivity contribution in [3.05, 3.63) is 65.6 Å². The van der Waals surface area contributed by atoms with Gasteiger partial charge in [-0.25, -0.2) is 0 Å². The lowest BCUT2D eigenvalue weighted by atomic mass is 10.1. The highest BCUT2D eigenvalue weighted by Gasteiger charge is 2.23. The van der Waals surface area contributed by atoms with Crippen molar-refractivity contribution in [3.8, 4) is 5.75 Å². The van der Waals surface area contributed by atoms with Gasteiger partial charge in [0.15, 0.2) is 6.10 Å². The van der Waals surface area contributed by atoms with Crippen LogP contribution in [-0.4, -0.2) is 12.2 Å². The van der Waals surface area contributed by atoms with Gasteiger partial charge in [-0.05, 0) is 37.3 Å². The van der Waals surface area contributed by atoms with E-state index in [2.05, 4.69) is 0 Å². The molecule has 0 radical (unpaired) electrons. The molecule has 1 atom stereocenters. The van der Waals surface area contributed by atoms with Crippen molar-refractivity contribution in [1.82, 2.24) is 0 Å². The molecule has 116 valence electrons. The number of hydrogen-bond donors (Lipinski definition) is 1. The Hall–Kier alpha value is -2.72. The standard InChI is InChI=1S/C19H16O4/c1-11-14-10-13(21-2)7-8-16(14)23-19(11)18(20)17-9-12-5-3-4-6-15(12)22-17/h3-10,18,20H,1-2H3. The van der Waals surface area contributed by atoms with Gasteiger partial charge in [0.2, 0.25) is 0 Å². The summed E-state index contributed by atoms with van der Waals surface area (Å²) in [7, 11) is 1.63. The summed E-state index contributed by atoms with van der Waals surface area (Å²) in [6.07, 6.45) is -0.944. The van der Waals surface area contributed by atoms with Gasteiger partial charge >= 0.3 is 0 Å². The maximum absolute atomic E-state index is 10.7. The third kappa shape index (κ3) is 2.19. The molecule has 0 saturated carbocycles. The van der Waals surface area contributed by atoms with Crippen LogP contribution >= 0.6 is 0 Å². The Morgan fingerprint density at radius 3 is 2.61 bits per heavy atom. The number of ether oxygens (including phenoxy) is 1. The lowest BCUT2D eigenvalue weighted by Crippen LogP contribution is -1.97. The van der Waals surface area contributed by atoms with Gasteiger partial charge in [0.05, 0.1) is 7.11 Å². The molecule has 0 aliphatic heterocycles. The maximum Gasteiger partial charge on any atom is 0.169 e. The molecule has 4 heteroatoms. The van der Waals surface area contributed by atoms with Crippen molar-refractivity contribution in [2.45, 2.75) is 13.0 Å². The largest absolute Gasteiger partial charge is 0.497 e. The summed E-state index contributed by atoms with van der Waals surface area (Å²) >= 11 is 0. The normalized spacial score (nSPS) is 12.8. The van der Waals surface area contributed by atoms with Crippen LogP contribution < -0.4 is 4.74 Å². The van der Waals surface area contributed by atoms with Gasteiger partial charge < -0.3 is 18.7 Å². The predicted molar refractivity (Wildman–Crippen MR) is 87.8 cm³/mol. The van der Waals surface area contributed by atoms with Gasteiger partial charge in [-0.15, -0.1) is 0 Å². The second-order valence-corrected chi connectivity index (χ2v) is 5.54. The van der Waals surface area contributed by atoms with Gasteiger partial charge in [-0.1, -0.05) is 18.2 Å². The first-order chi connectivity index (χ1) is 11.2. The predicted octanol–water partition coefficient (Wildman–Crippen LogP) is 4.58. The second kappa shape index (κ2) is 5.18. The zero-order valence-electron chi connectivity index (χ0n) is 12.9. The molecule has 2 aromatic heterocycles. The molecule has 0 fully saturated rings. The third-order valence-corrected chi connectivity index (χ3v) is 4.14. The number of methoxy groups -OCH3 is 1. The van der Waals surface area contributed by atoms with Crippen LogP contribution in [0.4, 0.5) is 0 Å². The van der Waals surface area contributed by atoms with Crippen LogP contribution in [0.15, 0.2) is 57.4 Å². The van der Waals surface area contributed by atoms with E-state index in [0.717, 1.165) is 27.7 Å². The van der Waals surface area contributed by atoms with E-state index in [1.165, 1.54) is 0 Å². The van der Waals surface area contributed by atoms with Crippen molar-refractivity contribution in [2.75, 3.05) is 7.11 Å². The molecule has 1 unspecified atom stereocenters. The van der Waals surface area contributed by atoms with E-state index in [-0.39, 0.29) is 0 Å². The summed E-state index contributed by atoms with van der Waals surface area (Å²) in [6, 6.07) is 15.1. The summed E-state index contributed by atoms with van der Waals surface area (Å²) in [5.74, 6) is 1.72. The number of aryl methyl sites for hydroxylation is 1. The number of benzene rings is 2. The number of hydrogen-bond acceptors (Lipinski definition) is 4. The van der Waals surface area contributed by atoms with Crippen molar-refractivity contribution >= 4 is 21.9 Å². The van der Waals surface area contributed by atoms with Gasteiger partial charge in [-0.2, -0.15) is 0 Å². The Bertz CT molecular complexity index is 960. The van der Waals surface area contributed by atoms with Crippen LogP contribution in [0, 0.1) is 6.92 Å². The van der Waals surface area contributed by atoms with Crippen LogP contribution in [0.5, 0.6) is 5.75 Å². The Morgan fingerprint density at radius 1 is 1.00 bits per heavy atom. The highest BCUT2D eigenvalue weighted by Crippen LogP contribution is 2.36. The van der Waals surface area contributed by atoms with Crippen molar-refractivity contribution < 1.29 is 18.7 Å². The Kier molecular flexibility index (Phi) is 3.13. The van der Waals surface area contributed by atoms with Gasteiger partial charge in [-0.3, -0.25) is 0 Å². The van der Waals surface area contributed by atoms with E-state index in [1.807, 2.05) is 55.5 Å². The monoisotopic (exact) mass is 308 g/mol. The Balaban J connectivity index is 1.82. The molecule has 0 spiro atoms. The molecule has 4 rings (SSSR count). The van der Waals surface area contributed by atoms with Crippen molar-refractivity contribution in [2.24, 2.45) is 0 Å². The van der Waals surface area contributed by atoms with Crippen LogP contribution in [0.1, 0.15) is 23.2 Å². The maximum atomic E-state index is 10.7. The number of aliphatic hydroxyl groups excluding tert-OH is 1. The van der Waals surface area contributed by atoms with E-state index >= 15 is 0 Å². The molecule has 0 aliphatic rings. The minimum absolute atomic E-state index is 0.473. The zero-order chi connectivity index (χ0) is 16.0. The number of para-hydroxylation sites is 1. The molecule has 0 amide bonds. The van der Waals surface area contributed by atoms with Gasteiger partial charge in [0.1, 0.15) is 28.4 Å². The first kappa shape index (κ1) is 13.9. The van der Waals surface area contributed by atoms with E-state index in [4.69, 9.17) is 13.6 Å². The molecule has 1 N–H and O–H groups in total. The average molecular weight is 308 g/mol. The topological polar surface area (TPSA) is 55.7 Å². The molecule has 4 aromatic rings. The Labute approximate surface area is 132 Å². The van der Waals surface area contributed by atoms with Crippen molar-refractivity contribution in [3.63, 3.8) is 0 Å². The minimum Gasteiger partial charge on any atom is -0.497 e. The third-order valence-electron chi connectivity index (χ3n) is 4.14. The highest BCUT2D eigenvalue weighted by molar-refractivity contribution is 5.84. The SMILES string of the molecule is COc1ccc2oc(C(O)c3cc4ccccc4o3)c(C)c2c1. The van der Waals surface area contributed by atoms with Crippen molar-refractivity contribution in [1.29, 1.82) is 0 Å². The quantitative estimate of drug-likeness (QED) is 0.602.